The number of amides is 1. The molecule has 3 heterocycles. The largest absolute Gasteiger partial charge is 0.497 e. The zero-order valence-electron chi connectivity index (χ0n) is 20.8. The molecule has 5 rings (SSSR count). The normalized spacial score (nSPS) is 17.4. The van der Waals surface area contributed by atoms with Crippen molar-refractivity contribution in [3.05, 3.63) is 59.0 Å². The Labute approximate surface area is 205 Å². The van der Waals surface area contributed by atoms with E-state index in [1.54, 1.807) is 13.2 Å². The number of hydrogen-bond donors (Lipinski definition) is 1. The van der Waals surface area contributed by atoms with Crippen molar-refractivity contribution >= 4 is 28.6 Å². The summed E-state index contributed by atoms with van der Waals surface area (Å²) in [5.74, 6) is 1.27. The van der Waals surface area contributed by atoms with Gasteiger partial charge in [-0.3, -0.25) is 14.4 Å². The first-order valence-corrected chi connectivity index (χ1v) is 12.0. The fourth-order valence-corrected chi connectivity index (χ4v) is 4.69. The van der Waals surface area contributed by atoms with E-state index in [9.17, 15) is 4.79 Å². The average Bonchev–Trinajstić information content (AvgIpc) is 3.16. The number of carbonyl (C=O) groups is 1. The number of ether oxygens (including phenoxy) is 3. The van der Waals surface area contributed by atoms with E-state index in [1.165, 1.54) is 0 Å². The Morgan fingerprint density at radius 1 is 1.14 bits per heavy atom. The molecule has 2 aliphatic heterocycles. The van der Waals surface area contributed by atoms with Gasteiger partial charge in [-0.2, -0.15) is 5.10 Å². The summed E-state index contributed by atoms with van der Waals surface area (Å²) >= 11 is 0. The molecule has 184 valence electrons. The average molecular weight is 477 g/mol. The quantitative estimate of drug-likeness (QED) is 0.578. The van der Waals surface area contributed by atoms with E-state index in [0.717, 1.165) is 73.0 Å². The van der Waals surface area contributed by atoms with Gasteiger partial charge in [-0.1, -0.05) is 0 Å². The Balaban J connectivity index is 1.34. The molecule has 0 aliphatic carbocycles. The number of methoxy groups -OCH3 is 1. The highest BCUT2D eigenvalue weighted by Gasteiger charge is 2.31. The smallest absolute Gasteiger partial charge is 0.255 e. The van der Waals surface area contributed by atoms with Crippen LogP contribution in [0, 0.1) is 6.92 Å². The minimum Gasteiger partial charge on any atom is -0.497 e. The molecule has 3 aromatic rings. The third-order valence-electron chi connectivity index (χ3n) is 6.66. The fraction of sp³-hybridized carbons (Fsp3) is 0.407. The number of nitrogens with zero attached hydrogens (tertiary/aromatic N) is 3. The third kappa shape index (κ3) is 4.76. The molecule has 0 unspecified atom stereocenters. The predicted octanol–water partition coefficient (Wildman–Crippen LogP) is 4.09. The summed E-state index contributed by atoms with van der Waals surface area (Å²) in [5, 5.41) is 8.88. The summed E-state index contributed by atoms with van der Waals surface area (Å²) in [7, 11) is 1.63. The number of nitrogens with one attached hydrogen (secondary N) is 1. The lowest BCUT2D eigenvalue weighted by atomic mass is 9.98. The zero-order valence-corrected chi connectivity index (χ0v) is 20.8. The van der Waals surface area contributed by atoms with Crippen LogP contribution in [-0.4, -0.2) is 66.1 Å². The molecule has 1 aromatic heterocycles. The number of anilines is 1. The van der Waals surface area contributed by atoms with Gasteiger partial charge in [0.05, 0.1) is 38.1 Å². The van der Waals surface area contributed by atoms with Crippen LogP contribution < -0.4 is 10.1 Å². The molecule has 1 amide bonds. The number of morpholine rings is 1. The lowest BCUT2D eigenvalue weighted by Crippen LogP contribution is -2.38. The van der Waals surface area contributed by atoms with Gasteiger partial charge in [0.1, 0.15) is 11.5 Å². The van der Waals surface area contributed by atoms with Crippen molar-refractivity contribution in [1.82, 2.24) is 14.7 Å². The van der Waals surface area contributed by atoms with Crippen molar-refractivity contribution in [3.8, 4) is 5.75 Å². The number of carbonyl (C=O) groups excluding carboxylic acids is 1. The highest BCUT2D eigenvalue weighted by molar-refractivity contribution is 6.05. The summed E-state index contributed by atoms with van der Waals surface area (Å²) in [6, 6.07) is 11.4. The van der Waals surface area contributed by atoms with Gasteiger partial charge in [-0.25, -0.2) is 0 Å². The molecule has 1 saturated heterocycles. The molecule has 0 atom stereocenters. The van der Waals surface area contributed by atoms with E-state index in [4.69, 9.17) is 19.3 Å². The minimum atomic E-state index is -0.552. The maximum absolute atomic E-state index is 13.1. The standard InChI is InChI=1S/C27H32N4O4/c1-18-22-7-6-21(17-23(22)31(29-18)10-9-30-11-13-34-14-12-30)28-26(32)19-5-8-24-20(15-19)16-25(33-4)27(2,3)35-24/h5-8,15-17H,9-14H2,1-4H3,(H,28,32). The van der Waals surface area contributed by atoms with Crippen molar-refractivity contribution in [1.29, 1.82) is 0 Å². The van der Waals surface area contributed by atoms with Crippen molar-refractivity contribution < 1.29 is 19.0 Å². The first-order valence-electron chi connectivity index (χ1n) is 12.0. The van der Waals surface area contributed by atoms with Gasteiger partial charge < -0.3 is 19.5 Å². The fourth-order valence-electron chi connectivity index (χ4n) is 4.69. The van der Waals surface area contributed by atoms with Crippen LogP contribution in [0.2, 0.25) is 0 Å². The molecule has 35 heavy (non-hydrogen) atoms. The maximum atomic E-state index is 13.1. The molecule has 2 aliphatic rings. The van der Waals surface area contributed by atoms with Gasteiger partial charge in [0, 0.05) is 41.8 Å². The lowest BCUT2D eigenvalue weighted by Gasteiger charge is -2.32. The molecule has 0 bridgehead atoms. The van der Waals surface area contributed by atoms with Crippen molar-refractivity contribution in [2.24, 2.45) is 0 Å². The van der Waals surface area contributed by atoms with Crippen LogP contribution >= 0.6 is 0 Å². The second-order valence-electron chi connectivity index (χ2n) is 9.53. The van der Waals surface area contributed by atoms with E-state index in [-0.39, 0.29) is 5.91 Å². The SMILES string of the molecule is COC1=Cc2cc(C(=O)Nc3ccc4c(C)nn(CCN5CCOCC5)c4c3)ccc2OC1(C)C. The molecule has 0 radical (unpaired) electrons. The Bertz CT molecular complexity index is 1290. The molecule has 8 heteroatoms. The van der Waals surface area contributed by atoms with Crippen molar-refractivity contribution in [2.75, 3.05) is 45.3 Å². The van der Waals surface area contributed by atoms with Gasteiger partial charge in [0.15, 0.2) is 5.60 Å². The van der Waals surface area contributed by atoms with Crippen LogP contribution in [0.1, 0.15) is 35.5 Å². The Morgan fingerprint density at radius 2 is 1.94 bits per heavy atom. The second kappa shape index (κ2) is 9.36. The number of aromatic nitrogens is 2. The molecule has 2 aromatic carbocycles. The van der Waals surface area contributed by atoms with Gasteiger partial charge in [-0.05, 0) is 63.2 Å². The minimum absolute atomic E-state index is 0.180. The number of aryl methyl sites for hydroxylation is 1. The van der Waals surface area contributed by atoms with Crippen LogP contribution in [0.5, 0.6) is 5.75 Å². The van der Waals surface area contributed by atoms with Crippen LogP contribution in [0.4, 0.5) is 5.69 Å². The molecule has 1 fully saturated rings. The van der Waals surface area contributed by atoms with E-state index in [2.05, 4.69) is 10.2 Å². The van der Waals surface area contributed by atoms with Crippen LogP contribution in [0.25, 0.3) is 17.0 Å². The summed E-state index contributed by atoms with van der Waals surface area (Å²) in [6.45, 7) is 11.1. The van der Waals surface area contributed by atoms with Gasteiger partial charge in [0.2, 0.25) is 0 Å². The van der Waals surface area contributed by atoms with Crippen LogP contribution in [-0.2, 0) is 16.0 Å². The second-order valence-corrected chi connectivity index (χ2v) is 9.53. The first-order chi connectivity index (χ1) is 16.8. The van der Waals surface area contributed by atoms with Gasteiger partial charge in [0.25, 0.3) is 5.91 Å². The third-order valence-corrected chi connectivity index (χ3v) is 6.66. The zero-order chi connectivity index (χ0) is 24.6. The highest BCUT2D eigenvalue weighted by atomic mass is 16.5. The number of rotatable bonds is 6. The predicted molar refractivity (Wildman–Crippen MR) is 136 cm³/mol. The summed E-state index contributed by atoms with van der Waals surface area (Å²) in [4.78, 5) is 15.5. The molecule has 0 saturated carbocycles. The van der Waals surface area contributed by atoms with Crippen molar-refractivity contribution in [3.63, 3.8) is 0 Å². The topological polar surface area (TPSA) is 77.9 Å². The Hall–Kier alpha value is -3.36. The van der Waals surface area contributed by atoms with E-state index in [1.807, 2.05) is 61.9 Å². The maximum Gasteiger partial charge on any atom is 0.255 e. The lowest BCUT2D eigenvalue weighted by molar-refractivity contribution is 0.0361. The van der Waals surface area contributed by atoms with E-state index < -0.39 is 5.60 Å². The molecule has 0 spiro atoms. The molecule has 8 nitrogen and oxygen atoms in total. The summed E-state index contributed by atoms with van der Waals surface area (Å²) in [6.07, 6.45) is 1.93. The van der Waals surface area contributed by atoms with Crippen molar-refractivity contribution in [2.45, 2.75) is 32.9 Å². The van der Waals surface area contributed by atoms with Gasteiger partial charge >= 0.3 is 0 Å². The number of hydrogen-bond acceptors (Lipinski definition) is 6. The Kier molecular flexibility index (Phi) is 6.25. The van der Waals surface area contributed by atoms with E-state index in [0.29, 0.717) is 11.3 Å². The van der Waals surface area contributed by atoms with Gasteiger partial charge in [-0.15, -0.1) is 0 Å². The number of benzene rings is 2. The van der Waals surface area contributed by atoms with Crippen LogP contribution in [0.15, 0.2) is 42.2 Å². The monoisotopic (exact) mass is 476 g/mol. The molecular formula is C27H32N4O4. The number of fused-ring (bicyclic) bond motifs is 2. The Morgan fingerprint density at radius 3 is 2.71 bits per heavy atom. The molecular weight excluding hydrogens is 444 g/mol. The highest BCUT2D eigenvalue weighted by Crippen LogP contribution is 2.36. The summed E-state index contributed by atoms with van der Waals surface area (Å²) in [5.41, 5.74) is 3.56. The first kappa shape index (κ1) is 23.4. The summed E-state index contributed by atoms with van der Waals surface area (Å²) < 4.78 is 19.0. The van der Waals surface area contributed by atoms with E-state index >= 15 is 0 Å². The molecule has 1 N–H and O–H groups in total. The van der Waals surface area contributed by atoms with Crippen LogP contribution in [0.3, 0.4) is 0 Å².